The highest BCUT2D eigenvalue weighted by molar-refractivity contribution is 6.03. The SMILES string of the molecule is CCCC(C)CC(=O)Nc1ccccc1C(=O)NCCN.Cl. The minimum absolute atomic E-state index is 0. The van der Waals surface area contributed by atoms with E-state index in [1.165, 1.54) is 0 Å². The Morgan fingerprint density at radius 3 is 2.59 bits per heavy atom. The van der Waals surface area contributed by atoms with Crippen LogP contribution in [0.3, 0.4) is 0 Å². The third-order valence-corrected chi connectivity index (χ3v) is 3.19. The van der Waals surface area contributed by atoms with E-state index in [1.807, 2.05) is 0 Å². The van der Waals surface area contributed by atoms with Gasteiger partial charge in [0.1, 0.15) is 0 Å². The van der Waals surface area contributed by atoms with Crippen LogP contribution in [0.25, 0.3) is 0 Å². The van der Waals surface area contributed by atoms with Crippen LogP contribution in [0.1, 0.15) is 43.5 Å². The van der Waals surface area contributed by atoms with Crippen LogP contribution in [-0.2, 0) is 4.79 Å². The lowest BCUT2D eigenvalue weighted by molar-refractivity contribution is -0.117. The molecule has 22 heavy (non-hydrogen) atoms. The van der Waals surface area contributed by atoms with E-state index in [-0.39, 0.29) is 24.2 Å². The summed E-state index contributed by atoms with van der Waals surface area (Å²) in [6.07, 6.45) is 2.55. The number of anilines is 1. The molecule has 0 heterocycles. The average Bonchev–Trinajstić information content (AvgIpc) is 2.45. The molecule has 0 fully saturated rings. The lowest BCUT2D eigenvalue weighted by atomic mass is 10.0. The lowest BCUT2D eigenvalue weighted by Crippen LogP contribution is -2.30. The number of carbonyl (C=O) groups is 2. The van der Waals surface area contributed by atoms with Crippen molar-refractivity contribution >= 4 is 29.9 Å². The third kappa shape index (κ3) is 6.91. The predicted molar refractivity (Wildman–Crippen MR) is 92.4 cm³/mol. The number of hydrogen-bond donors (Lipinski definition) is 3. The van der Waals surface area contributed by atoms with Crippen molar-refractivity contribution < 1.29 is 9.59 Å². The van der Waals surface area contributed by atoms with Crippen LogP contribution in [-0.4, -0.2) is 24.9 Å². The van der Waals surface area contributed by atoms with Crippen molar-refractivity contribution in [1.29, 1.82) is 0 Å². The summed E-state index contributed by atoms with van der Waals surface area (Å²) >= 11 is 0. The normalized spacial score (nSPS) is 11.2. The molecule has 0 aliphatic carbocycles. The Labute approximate surface area is 138 Å². The Morgan fingerprint density at radius 2 is 1.95 bits per heavy atom. The number of nitrogens with one attached hydrogen (secondary N) is 2. The molecule has 0 aliphatic heterocycles. The summed E-state index contributed by atoms with van der Waals surface area (Å²) in [4.78, 5) is 24.0. The maximum atomic E-state index is 12.0. The summed E-state index contributed by atoms with van der Waals surface area (Å²) in [5.41, 5.74) is 6.38. The number of rotatable bonds is 8. The molecule has 1 atom stereocenters. The van der Waals surface area contributed by atoms with Crippen LogP contribution < -0.4 is 16.4 Å². The zero-order valence-corrected chi connectivity index (χ0v) is 14.0. The van der Waals surface area contributed by atoms with Crippen LogP contribution in [0.15, 0.2) is 24.3 Å². The van der Waals surface area contributed by atoms with Crippen LogP contribution in [0.2, 0.25) is 0 Å². The van der Waals surface area contributed by atoms with E-state index in [9.17, 15) is 9.59 Å². The first-order valence-electron chi connectivity index (χ1n) is 7.45. The van der Waals surface area contributed by atoms with Crippen LogP contribution >= 0.6 is 12.4 Å². The fourth-order valence-electron chi connectivity index (χ4n) is 2.18. The molecule has 5 nitrogen and oxygen atoms in total. The van der Waals surface area contributed by atoms with Crippen LogP contribution in [0.5, 0.6) is 0 Å². The number of hydrogen-bond acceptors (Lipinski definition) is 3. The second kappa shape index (κ2) is 11.0. The molecule has 124 valence electrons. The molecular weight excluding hydrogens is 302 g/mol. The van der Waals surface area contributed by atoms with E-state index in [0.717, 1.165) is 12.8 Å². The number of carbonyl (C=O) groups excluding carboxylic acids is 2. The van der Waals surface area contributed by atoms with Crippen LogP contribution in [0.4, 0.5) is 5.69 Å². The Hall–Kier alpha value is -1.59. The maximum Gasteiger partial charge on any atom is 0.253 e. The number of amides is 2. The molecule has 2 amide bonds. The number of benzene rings is 1. The second-order valence-corrected chi connectivity index (χ2v) is 5.24. The summed E-state index contributed by atoms with van der Waals surface area (Å²) in [6.45, 7) is 4.96. The summed E-state index contributed by atoms with van der Waals surface area (Å²) in [6, 6.07) is 6.99. The molecular formula is C16H26ClN3O2. The Bertz CT molecular complexity index is 480. The molecule has 1 rings (SSSR count). The minimum Gasteiger partial charge on any atom is -0.351 e. The third-order valence-electron chi connectivity index (χ3n) is 3.19. The van der Waals surface area contributed by atoms with Crippen molar-refractivity contribution in [3.05, 3.63) is 29.8 Å². The van der Waals surface area contributed by atoms with Gasteiger partial charge in [-0.25, -0.2) is 0 Å². The summed E-state index contributed by atoms with van der Waals surface area (Å²) in [7, 11) is 0. The Morgan fingerprint density at radius 1 is 1.27 bits per heavy atom. The van der Waals surface area contributed by atoms with Gasteiger partial charge >= 0.3 is 0 Å². The average molecular weight is 328 g/mol. The predicted octanol–water partition coefficient (Wildman–Crippen LogP) is 2.56. The van der Waals surface area contributed by atoms with Crippen molar-refractivity contribution in [3.63, 3.8) is 0 Å². The van der Waals surface area contributed by atoms with Gasteiger partial charge in [-0.05, 0) is 18.1 Å². The van der Waals surface area contributed by atoms with Crippen molar-refractivity contribution in [2.75, 3.05) is 18.4 Å². The molecule has 0 aromatic heterocycles. The molecule has 0 aliphatic rings. The quantitative estimate of drug-likeness (QED) is 0.686. The van der Waals surface area contributed by atoms with E-state index in [2.05, 4.69) is 24.5 Å². The van der Waals surface area contributed by atoms with Gasteiger partial charge in [0.25, 0.3) is 5.91 Å². The molecule has 0 saturated heterocycles. The molecule has 4 N–H and O–H groups in total. The molecule has 1 aromatic rings. The van der Waals surface area contributed by atoms with E-state index < -0.39 is 0 Å². The topological polar surface area (TPSA) is 84.2 Å². The first kappa shape index (κ1) is 20.4. The monoisotopic (exact) mass is 327 g/mol. The van der Waals surface area contributed by atoms with Gasteiger partial charge < -0.3 is 16.4 Å². The van der Waals surface area contributed by atoms with E-state index in [4.69, 9.17) is 5.73 Å². The maximum absolute atomic E-state index is 12.0. The highest BCUT2D eigenvalue weighted by Crippen LogP contribution is 2.17. The lowest BCUT2D eigenvalue weighted by Gasteiger charge is -2.13. The first-order valence-corrected chi connectivity index (χ1v) is 7.45. The van der Waals surface area contributed by atoms with Gasteiger partial charge in [0.05, 0.1) is 11.3 Å². The largest absolute Gasteiger partial charge is 0.351 e. The van der Waals surface area contributed by atoms with Crippen molar-refractivity contribution in [2.45, 2.75) is 33.1 Å². The van der Waals surface area contributed by atoms with E-state index in [0.29, 0.717) is 36.7 Å². The van der Waals surface area contributed by atoms with Gasteiger partial charge in [0, 0.05) is 19.5 Å². The zero-order valence-electron chi connectivity index (χ0n) is 13.2. The first-order chi connectivity index (χ1) is 10.1. The summed E-state index contributed by atoms with van der Waals surface area (Å²) < 4.78 is 0. The van der Waals surface area contributed by atoms with Crippen molar-refractivity contribution in [3.8, 4) is 0 Å². The highest BCUT2D eigenvalue weighted by Gasteiger charge is 2.14. The standard InChI is InChI=1S/C16H25N3O2.ClH/c1-3-6-12(2)11-15(20)19-14-8-5-4-7-13(14)16(21)18-10-9-17;/h4-5,7-8,12H,3,6,9-11,17H2,1-2H3,(H,18,21)(H,19,20);1H. The Balaban J connectivity index is 0.00000441. The summed E-state index contributed by atoms with van der Waals surface area (Å²) in [5, 5.41) is 5.53. The molecule has 0 spiro atoms. The fourth-order valence-corrected chi connectivity index (χ4v) is 2.18. The van der Waals surface area contributed by atoms with Crippen molar-refractivity contribution in [2.24, 2.45) is 11.7 Å². The van der Waals surface area contributed by atoms with Gasteiger partial charge in [0.2, 0.25) is 5.91 Å². The highest BCUT2D eigenvalue weighted by atomic mass is 35.5. The van der Waals surface area contributed by atoms with Gasteiger partial charge in [-0.15, -0.1) is 12.4 Å². The molecule has 0 radical (unpaired) electrons. The number of nitrogens with two attached hydrogens (primary N) is 1. The second-order valence-electron chi connectivity index (χ2n) is 5.24. The minimum atomic E-state index is -0.224. The molecule has 0 saturated carbocycles. The van der Waals surface area contributed by atoms with E-state index >= 15 is 0 Å². The Kier molecular flexibility index (Phi) is 10.2. The smallest absolute Gasteiger partial charge is 0.253 e. The molecule has 0 bridgehead atoms. The van der Waals surface area contributed by atoms with Gasteiger partial charge in [-0.3, -0.25) is 9.59 Å². The van der Waals surface area contributed by atoms with Crippen LogP contribution in [0, 0.1) is 5.92 Å². The molecule has 6 heteroatoms. The fraction of sp³-hybridized carbons (Fsp3) is 0.500. The number of halogens is 1. The van der Waals surface area contributed by atoms with Gasteiger partial charge in [-0.2, -0.15) is 0 Å². The summed E-state index contributed by atoms with van der Waals surface area (Å²) in [5.74, 6) is 0.0567. The zero-order chi connectivity index (χ0) is 15.7. The number of para-hydroxylation sites is 1. The molecule has 1 unspecified atom stereocenters. The van der Waals surface area contributed by atoms with E-state index in [1.54, 1.807) is 24.3 Å². The van der Waals surface area contributed by atoms with Crippen molar-refractivity contribution in [1.82, 2.24) is 5.32 Å². The molecule has 1 aromatic carbocycles. The van der Waals surface area contributed by atoms with Gasteiger partial charge in [0.15, 0.2) is 0 Å². The van der Waals surface area contributed by atoms with Gasteiger partial charge in [-0.1, -0.05) is 38.8 Å².